The smallest absolute Gasteiger partial charge is 0.263 e. The van der Waals surface area contributed by atoms with Crippen LogP contribution in [0.1, 0.15) is 32.1 Å². The van der Waals surface area contributed by atoms with Gasteiger partial charge in [0.2, 0.25) is 5.13 Å². The van der Waals surface area contributed by atoms with Gasteiger partial charge in [-0.25, -0.2) is 0 Å². The molecule has 3 rings (SSSR count). The van der Waals surface area contributed by atoms with E-state index in [1.807, 2.05) is 26.0 Å². The van der Waals surface area contributed by atoms with Gasteiger partial charge >= 0.3 is 0 Å². The topological polar surface area (TPSA) is 76.9 Å². The van der Waals surface area contributed by atoms with Crippen molar-refractivity contribution in [1.82, 2.24) is 14.8 Å². The lowest BCUT2D eigenvalue weighted by atomic mass is 10.1. The van der Waals surface area contributed by atoms with Crippen LogP contribution >= 0.6 is 11.3 Å². The van der Waals surface area contributed by atoms with Gasteiger partial charge in [-0.3, -0.25) is 14.9 Å². The van der Waals surface area contributed by atoms with Crippen LogP contribution in [0.4, 0.5) is 5.13 Å². The zero-order valence-corrected chi connectivity index (χ0v) is 15.1. The molecule has 0 unspecified atom stereocenters. The monoisotopic (exact) mass is 354 g/mol. The molecule has 3 aromatic rings. The molecule has 1 amide bonds. The molecule has 25 heavy (non-hydrogen) atoms. The molecule has 0 fully saturated rings. The van der Waals surface area contributed by atoms with Crippen molar-refractivity contribution >= 4 is 22.4 Å². The number of aromatic nitrogens is 3. The Morgan fingerprint density at radius 2 is 2.00 bits per heavy atom. The average molecular weight is 354 g/mol. The predicted octanol–water partition coefficient (Wildman–Crippen LogP) is 2.93. The van der Waals surface area contributed by atoms with E-state index < -0.39 is 5.91 Å². The molecule has 1 aromatic carbocycles. The average Bonchev–Trinajstić information content (AvgIpc) is 2.97. The summed E-state index contributed by atoms with van der Waals surface area (Å²) in [5, 5.41) is 11.4. The fourth-order valence-electron chi connectivity index (χ4n) is 2.50. The van der Waals surface area contributed by atoms with Gasteiger partial charge < -0.3 is 4.57 Å². The first kappa shape index (κ1) is 17.0. The van der Waals surface area contributed by atoms with Crippen LogP contribution < -0.4 is 10.9 Å². The van der Waals surface area contributed by atoms with Gasteiger partial charge in [0.25, 0.3) is 11.5 Å². The summed E-state index contributed by atoms with van der Waals surface area (Å²) in [5.41, 5.74) is 3.05. The molecule has 1 N–H and O–H groups in total. The number of hydrogen-bond acceptors (Lipinski definition) is 5. The van der Waals surface area contributed by atoms with Crippen LogP contribution in [0.25, 0.3) is 0 Å². The number of anilines is 1. The van der Waals surface area contributed by atoms with Crippen molar-refractivity contribution in [1.29, 1.82) is 0 Å². The molecule has 0 aliphatic heterocycles. The molecule has 0 atom stereocenters. The van der Waals surface area contributed by atoms with Gasteiger partial charge in [-0.2, -0.15) is 0 Å². The minimum atomic E-state index is -0.475. The first-order valence-electron chi connectivity index (χ1n) is 7.81. The lowest BCUT2D eigenvalue weighted by molar-refractivity contribution is 0.102. The molecule has 0 bridgehead atoms. The van der Waals surface area contributed by atoms with E-state index in [1.165, 1.54) is 17.4 Å². The Kier molecular flexibility index (Phi) is 4.76. The molecule has 0 aliphatic carbocycles. The van der Waals surface area contributed by atoms with E-state index in [-0.39, 0.29) is 11.1 Å². The van der Waals surface area contributed by atoms with E-state index in [4.69, 9.17) is 0 Å². The Hall–Kier alpha value is -2.80. The lowest BCUT2D eigenvalue weighted by Gasteiger charge is -2.11. The lowest BCUT2D eigenvalue weighted by Crippen LogP contribution is -2.29. The summed E-state index contributed by atoms with van der Waals surface area (Å²) in [6.07, 6.45) is 1.69. The number of carbonyl (C=O) groups is 1. The van der Waals surface area contributed by atoms with Crippen LogP contribution in [0.3, 0.4) is 0 Å². The van der Waals surface area contributed by atoms with Crippen molar-refractivity contribution in [2.24, 2.45) is 0 Å². The number of hydrogen-bond donors (Lipinski definition) is 1. The predicted molar refractivity (Wildman–Crippen MR) is 98.3 cm³/mol. The second-order valence-electron chi connectivity index (χ2n) is 5.87. The van der Waals surface area contributed by atoms with E-state index in [1.54, 1.807) is 23.8 Å². The number of nitrogens with zero attached hydrogens (tertiary/aromatic N) is 3. The maximum Gasteiger partial charge on any atom is 0.263 e. The number of pyridine rings is 1. The van der Waals surface area contributed by atoms with Crippen LogP contribution in [0.2, 0.25) is 0 Å². The Bertz CT molecular complexity index is 991. The first-order chi connectivity index (χ1) is 11.9. The second kappa shape index (κ2) is 6.98. The summed E-state index contributed by atoms with van der Waals surface area (Å²) >= 11 is 1.26. The standard InChI is InChI=1S/C18H18N4O2S/c1-11-6-7-12(2)14(9-11)10-22-8-4-5-15(17(22)24)16(23)19-18-21-20-13(3)25-18/h4-9H,10H2,1-3H3,(H,19,21,23). The molecule has 2 aromatic heterocycles. The molecule has 7 heteroatoms. The van der Waals surface area contributed by atoms with E-state index in [0.29, 0.717) is 11.7 Å². The van der Waals surface area contributed by atoms with Gasteiger partial charge in [-0.15, -0.1) is 10.2 Å². The van der Waals surface area contributed by atoms with Gasteiger partial charge in [0.15, 0.2) is 0 Å². The third-order valence-electron chi connectivity index (χ3n) is 3.86. The van der Waals surface area contributed by atoms with Gasteiger partial charge in [-0.05, 0) is 44.0 Å². The van der Waals surface area contributed by atoms with Crippen molar-refractivity contribution in [3.8, 4) is 0 Å². The van der Waals surface area contributed by atoms with Crippen molar-refractivity contribution in [3.05, 3.63) is 74.1 Å². The minimum Gasteiger partial charge on any atom is -0.310 e. The number of benzene rings is 1. The molecule has 0 spiro atoms. The maximum atomic E-state index is 12.7. The Labute approximate surface area is 149 Å². The fraction of sp³-hybridized carbons (Fsp3) is 0.222. The summed E-state index contributed by atoms with van der Waals surface area (Å²) in [7, 11) is 0. The van der Waals surface area contributed by atoms with E-state index in [2.05, 4.69) is 21.6 Å². The summed E-state index contributed by atoms with van der Waals surface area (Å²) in [5.74, 6) is -0.475. The first-order valence-corrected chi connectivity index (χ1v) is 8.63. The largest absolute Gasteiger partial charge is 0.310 e. The van der Waals surface area contributed by atoms with Gasteiger partial charge in [0.05, 0.1) is 6.54 Å². The van der Waals surface area contributed by atoms with Crippen molar-refractivity contribution in [3.63, 3.8) is 0 Å². The zero-order valence-electron chi connectivity index (χ0n) is 14.2. The molecule has 6 nitrogen and oxygen atoms in total. The van der Waals surface area contributed by atoms with E-state index in [9.17, 15) is 9.59 Å². The van der Waals surface area contributed by atoms with Crippen LogP contribution in [-0.4, -0.2) is 20.7 Å². The normalized spacial score (nSPS) is 10.7. The van der Waals surface area contributed by atoms with Crippen molar-refractivity contribution < 1.29 is 4.79 Å². The highest BCUT2D eigenvalue weighted by molar-refractivity contribution is 7.15. The third-order valence-corrected chi connectivity index (χ3v) is 4.61. The Morgan fingerprint density at radius 1 is 1.20 bits per heavy atom. The summed E-state index contributed by atoms with van der Waals surface area (Å²) in [4.78, 5) is 25.1. The number of nitrogens with one attached hydrogen (secondary N) is 1. The number of aryl methyl sites for hydroxylation is 3. The van der Waals surface area contributed by atoms with Gasteiger partial charge in [0.1, 0.15) is 10.6 Å². The molecule has 2 heterocycles. The van der Waals surface area contributed by atoms with Crippen LogP contribution in [0, 0.1) is 20.8 Å². The Balaban J connectivity index is 1.88. The maximum absolute atomic E-state index is 12.7. The van der Waals surface area contributed by atoms with Gasteiger partial charge in [-0.1, -0.05) is 35.1 Å². The zero-order chi connectivity index (χ0) is 18.0. The van der Waals surface area contributed by atoms with Crippen molar-refractivity contribution in [2.75, 3.05) is 5.32 Å². The van der Waals surface area contributed by atoms with Crippen LogP contribution in [-0.2, 0) is 6.54 Å². The van der Waals surface area contributed by atoms with E-state index >= 15 is 0 Å². The highest BCUT2D eigenvalue weighted by Crippen LogP contribution is 2.15. The fourth-order valence-corrected chi connectivity index (χ4v) is 3.09. The third kappa shape index (κ3) is 3.83. The molecule has 0 radical (unpaired) electrons. The molecule has 128 valence electrons. The number of carbonyl (C=O) groups excluding carboxylic acids is 1. The molecule has 0 saturated carbocycles. The molecule has 0 aliphatic rings. The van der Waals surface area contributed by atoms with Crippen LogP contribution in [0.15, 0.2) is 41.3 Å². The van der Waals surface area contributed by atoms with Crippen LogP contribution in [0.5, 0.6) is 0 Å². The highest BCUT2D eigenvalue weighted by Gasteiger charge is 2.14. The Morgan fingerprint density at radius 3 is 2.72 bits per heavy atom. The molecule has 0 saturated heterocycles. The summed E-state index contributed by atoms with van der Waals surface area (Å²) in [6.45, 7) is 6.24. The molecular formula is C18H18N4O2S. The SMILES string of the molecule is Cc1ccc(C)c(Cn2cccc(C(=O)Nc3nnc(C)s3)c2=O)c1. The summed E-state index contributed by atoms with van der Waals surface area (Å²) in [6, 6.07) is 9.34. The quantitative estimate of drug-likeness (QED) is 0.781. The minimum absolute atomic E-state index is 0.0839. The van der Waals surface area contributed by atoms with E-state index in [0.717, 1.165) is 21.7 Å². The number of amides is 1. The number of rotatable bonds is 4. The summed E-state index contributed by atoms with van der Waals surface area (Å²) < 4.78 is 1.54. The molecular weight excluding hydrogens is 336 g/mol. The van der Waals surface area contributed by atoms with Crippen molar-refractivity contribution in [2.45, 2.75) is 27.3 Å². The van der Waals surface area contributed by atoms with Gasteiger partial charge in [0, 0.05) is 6.20 Å². The highest BCUT2D eigenvalue weighted by atomic mass is 32.1. The second-order valence-corrected chi connectivity index (χ2v) is 7.05.